The van der Waals surface area contributed by atoms with Gasteiger partial charge in [0.2, 0.25) is 5.91 Å². The molecule has 0 aliphatic carbocycles. The predicted octanol–water partition coefficient (Wildman–Crippen LogP) is 7.53. The monoisotopic (exact) mass is 932 g/mol. The van der Waals surface area contributed by atoms with E-state index in [0.29, 0.717) is 50.2 Å². The number of benzene rings is 1. The summed E-state index contributed by atoms with van der Waals surface area (Å²) in [5.74, 6) is 0.523. The van der Waals surface area contributed by atoms with Gasteiger partial charge in [-0.05, 0) is 133 Å². The molecule has 13 nitrogen and oxygen atoms in total. The predicted molar refractivity (Wildman–Crippen MR) is 272 cm³/mol. The number of hydrogen-bond acceptors (Lipinski definition) is 11. The highest BCUT2D eigenvalue weighted by Crippen LogP contribution is 2.31. The van der Waals surface area contributed by atoms with Gasteiger partial charge in [0.1, 0.15) is 6.04 Å². The molecule has 2 amide bonds. The third-order valence-electron chi connectivity index (χ3n) is 13.3. The molecule has 6 rings (SSSR count). The molecule has 3 aliphatic rings. The molecule has 3 saturated heterocycles. The van der Waals surface area contributed by atoms with Crippen LogP contribution in [0.5, 0.6) is 0 Å². The number of rotatable bonds is 21. The van der Waals surface area contributed by atoms with Crippen LogP contribution in [0, 0.1) is 18.7 Å². The van der Waals surface area contributed by atoms with Crippen molar-refractivity contribution in [2.75, 3.05) is 89.4 Å². The van der Waals surface area contributed by atoms with E-state index >= 15 is 4.39 Å². The number of likely N-dealkylation sites (N-methyl/N-ethyl adjacent to an activating group) is 1. The first-order valence-corrected chi connectivity index (χ1v) is 24.5. The highest BCUT2D eigenvalue weighted by Gasteiger charge is 2.27. The van der Waals surface area contributed by atoms with Gasteiger partial charge >= 0.3 is 0 Å². The lowest BCUT2D eigenvalue weighted by molar-refractivity contribution is -0.123. The number of ketones is 1. The molecule has 0 spiro atoms. The van der Waals surface area contributed by atoms with E-state index in [2.05, 4.69) is 100 Å². The maximum atomic E-state index is 15.3. The van der Waals surface area contributed by atoms with Crippen LogP contribution < -0.4 is 26.2 Å². The fraction of sp³-hybridized carbons (Fsp3) is 0.500. The lowest BCUT2D eigenvalue weighted by atomic mass is 9.88. The molecule has 3 fully saturated rings. The molecular weight excluding hydrogens is 858 g/mol. The minimum absolute atomic E-state index is 0.0206. The van der Waals surface area contributed by atoms with Crippen molar-refractivity contribution in [2.45, 2.75) is 91.1 Å². The molecule has 1 aromatic carbocycles. The second-order valence-electron chi connectivity index (χ2n) is 18.9. The van der Waals surface area contributed by atoms with Gasteiger partial charge in [-0.1, -0.05) is 48.1 Å². The van der Waals surface area contributed by atoms with E-state index < -0.39 is 11.9 Å². The number of Topliss-reactive ketones (excluding diaryl/α,β-unsaturated/α-hetero) is 1. The number of methoxy groups -OCH3 is 1. The Hall–Kier alpha value is -5.70. The number of aromatic nitrogens is 2. The minimum Gasteiger partial charge on any atom is -0.386 e. The number of ether oxygens (including phenoxy) is 1. The number of amides is 2. The van der Waals surface area contributed by atoms with Crippen molar-refractivity contribution in [1.82, 2.24) is 35.7 Å². The summed E-state index contributed by atoms with van der Waals surface area (Å²) in [4.78, 5) is 53.1. The highest BCUT2D eigenvalue weighted by molar-refractivity contribution is 5.94. The Morgan fingerprint density at radius 1 is 1.04 bits per heavy atom. The summed E-state index contributed by atoms with van der Waals surface area (Å²) in [6.07, 6.45) is 16.6. The Morgan fingerprint density at radius 2 is 1.79 bits per heavy atom. The topological polar surface area (TPSA) is 144 Å². The summed E-state index contributed by atoms with van der Waals surface area (Å²) in [5.41, 5.74) is 9.03. The van der Waals surface area contributed by atoms with Crippen LogP contribution >= 0.6 is 0 Å². The van der Waals surface area contributed by atoms with E-state index in [1.807, 2.05) is 48.1 Å². The van der Waals surface area contributed by atoms with E-state index in [0.717, 1.165) is 98.5 Å². The van der Waals surface area contributed by atoms with Crippen LogP contribution in [-0.4, -0.2) is 129 Å². The molecule has 3 aromatic rings. The summed E-state index contributed by atoms with van der Waals surface area (Å²) in [7, 11) is 1.71. The number of hydrogen-bond donors (Lipinski definition) is 4. The van der Waals surface area contributed by atoms with Crippen molar-refractivity contribution in [3.63, 3.8) is 0 Å². The standard InChI is InChI=1S/C54H74FN9O4/c1-8-63(52-50(55)30-46(33-59-52)61-51-16-15-47(65)34-60-53(51)66)28-23-56-31-41-18-26-64(27-19-41)54(67)44-13-11-42(12-14-44)43-20-24-62(25-21-43)35-38(4)29-49-40(6)57-22-17-48(49)45(10-9-37(2)3)32-58-39(5)36-68-7/h9-14,17,22,29-30,32-33,39,41,43,51,56,58,61H,2,8,15-16,18-21,23-28,31,34-36H2,1,3-7H3,(H,60,66)/b10-9-,38-29+,45-32+. The fourth-order valence-electron chi connectivity index (χ4n) is 9.33. The molecule has 366 valence electrons. The molecule has 0 saturated carbocycles. The number of piperidine rings is 2. The molecule has 2 aromatic heterocycles. The van der Waals surface area contributed by atoms with Crippen LogP contribution in [0.3, 0.4) is 0 Å². The molecule has 5 heterocycles. The van der Waals surface area contributed by atoms with Gasteiger partial charge in [0.25, 0.3) is 5.91 Å². The number of halogens is 1. The number of aryl methyl sites for hydroxylation is 1. The number of anilines is 2. The lowest BCUT2D eigenvalue weighted by Gasteiger charge is -2.33. The number of nitrogens with one attached hydrogen (secondary N) is 4. The van der Waals surface area contributed by atoms with E-state index in [4.69, 9.17) is 4.74 Å². The van der Waals surface area contributed by atoms with E-state index in [1.165, 1.54) is 23.4 Å². The zero-order valence-electron chi connectivity index (χ0n) is 41.2. The van der Waals surface area contributed by atoms with Crippen molar-refractivity contribution < 1.29 is 23.5 Å². The summed E-state index contributed by atoms with van der Waals surface area (Å²) in [5, 5.41) is 12.7. The second-order valence-corrected chi connectivity index (χ2v) is 18.9. The van der Waals surface area contributed by atoms with Crippen LogP contribution in [0.25, 0.3) is 11.6 Å². The largest absolute Gasteiger partial charge is 0.386 e. The Morgan fingerprint density at radius 3 is 2.49 bits per heavy atom. The second kappa shape index (κ2) is 25.6. The molecule has 2 atom stereocenters. The molecule has 0 bridgehead atoms. The van der Waals surface area contributed by atoms with Crippen LogP contribution in [-0.2, 0) is 14.3 Å². The van der Waals surface area contributed by atoms with Crippen LogP contribution in [0.1, 0.15) is 105 Å². The van der Waals surface area contributed by atoms with Gasteiger partial charge in [0, 0.05) is 94.1 Å². The number of carbonyl (C=O) groups excluding carboxylic acids is 3. The van der Waals surface area contributed by atoms with Crippen molar-refractivity contribution in [2.24, 2.45) is 5.92 Å². The first-order chi connectivity index (χ1) is 32.8. The number of carbonyl (C=O) groups is 3. The van der Waals surface area contributed by atoms with E-state index in [9.17, 15) is 14.4 Å². The average molecular weight is 932 g/mol. The van der Waals surface area contributed by atoms with Crippen LogP contribution in [0.15, 0.2) is 84.9 Å². The number of allylic oxidation sites excluding steroid dienone is 4. The zero-order chi connectivity index (χ0) is 48.6. The van der Waals surface area contributed by atoms with Gasteiger partial charge < -0.3 is 35.8 Å². The Balaban J connectivity index is 0.922. The van der Waals surface area contributed by atoms with Gasteiger partial charge in [-0.3, -0.25) is 24.3 Å². The van der Waals surface area contributed by atoms with Gasteiger partial charge in [-0.2, -0.15) is 0 Å². The number of nitrogens with zero attached hydrogens (tertiary/aromatic N) is 5. The molecule has 3 aliphatic heterocycles. The van der Waals surface area contributed by atoms with Crippen molar-refractivity contribution >= 4 is 40.8 Å². The van der Waals surface area contributed by atoms with Crippen LogP contribution in [0.4, 0.5) is 15.9 Å². The first kappa shape index (κ1) is 51.7. The fourth-order valence-corrected chi connectivity index (χ4v) is 9.33. The highest BCUT2D eigenvalue weighted by atomic mass is 19.1. The Bertz CT molecular complexity index is 2280. The van der Waals surface area contributed by atoms with Crippen molar-refractivity contribution in [3.05, 3.63) is 119 Å². The zero-order valence-corrected chi connectivity index (χ0v) is 41.2. The maximum absolute atomic E-state index is 15.3. The molecule has 4 N–H and O–H groups in total. The quantitative estimate of drug-likeness (QED) is 0.0622. The average Bonchev–Trinajstić information content (AvgIpc) is 3.49. The molecule has 14 heteroatoms. The Kier molecular flexibility index (Phi) is 19.5. The van der Waals surface area contributed by atoms with Gasteiger partial charge in [0.05, 0.1) is 25.0 Å². The summed E-state index contributed by atoms with van der Waals surface area (Å²) in [6.45, 7) is 22.1. The molecule has 0 radical (unpaired) electrons. The number of pyridine rings is 2. The normalized spacial score (nSPS) is 18.6. The minimum atomic E-state index is -0.613. The van der Waals surface area contributed by atoms with Crippen molar-refractivity contribution in [1.29, 1.82) is 0 Å². The SMILES string of the molecule is C=C(C)/C=C\C(=C/NC(C)COC)c1ccnc(C)c1/C=C(\C)CN1CCC(c2ccc(C(=O)N3CCC(CNCCN(CC)c4ncc(NC5CCC(=O)CNC5=O)cc4F)CC3)cc2)CC1. The number of likely N-dealkylation sites (tertiary alicyclic amines) is 2. The first-order valence-electron chi connectivity index (χ1n) is 24.5. The van der Waals surface area contributed by atoms with E-state index in [-0.39, 0.29) is 42.4 Å². The summed E-state index contributed by atoms with van der Waals surface area (Å²) in [6, 6.07) is 11.4. The third-order valence-corrected chi connectivity index (χ3v) is 13.3. The van der Waals surface area contributed by atoms with Crippen molar-refractivity contribution in [3.8, 4) is 0 Å². The smallest absolute Gasteiger partial charge is 0.253 e. The summed E-state index contributed by atoms with van der Waals surface area (Å²) >= 11 is 0. The van der Waals surface area contributed by atoms with Gasteiger partial charge in [0.15, 0.2) is 17.4 Å². The Labute approximate surface area is 403 Å². The summed E-state index contributed by atoms with van der Waals surface area (Å²) < 4.78 is 20.6. The maximum Gasteiger partial charge on any atom is 0.253 e. The van der Waals surface area contributed by atoms with Gasteiger partial charge in [-0.25, -0.2) is 9.37 Å². The molecule has 68 heavy (non-hydrogen) atoms. The van der Waals surface area contributed by atoms with Gasteiger partial charge in [-0.15, -0.1) is 0 Å². The van der Waals surface area contributed by atoms with Crippen LogP contribution in [0.2, 0.25) is 0 Å². The lowest BCUT2D eigenvalue weighted by Crippen LogP contribution is -2.41. The van der Waals surface area contributed by atoms with E-state index in [1.54, 1.807) is 7.11 Å². The molecule has 2 unspecified atom stereocenters. The molecular formula is C54H74FN9O4. The third kappa shape index (κ3) is 14.9.